The number of benzene rings is 1. The van der Waals surface area contributed by atoms with Gasteiger partial charge in [0.15, 0.2) is 0 Å². The van der Waals surface area contributed by atoms with E-state index in [1.165, 1.54) is 31.4 Å². The molecule has 0 saturated heterocycles. The van der Waals surface area contributed by atoms with Gasteiger partial charge in [-0.2, -0.15) is 0 Å². The van der Waals surface area contributed by atoms with Gasteiger partial charge < -0.3 is 5.32 Å². The van der Waals surface area contributed by atoms with Crippen LogP contribution in [0, 0.1) is 18.6 Å². The van der Waals surface area contributed by atoms with Crippen molar-refractivity contribution in [2.75, 3.05) is 7.05 Å². The third-order valence-electron chi connectivity index (χ3n) is 3.60. The average molecular weight is 269 g/mol. The number of hydrogen-bond donors (Lipinski definition) is 1. The largest absolute Gasteiger partial charge is 0.313 e. The highest BCUT2D eigenvalue weighted by Gasteiger charge is 2.15. The summed E-state index contributed by atoms with van der Waals surface area (Å²) in [6.45, 7) is 3.77. The molecule has 1 N–H and O–H groups in total. The summed E-state index contributed by atoms with van der Waals surface area (Å²) in [6.07, 6.45) is 6.73. The number of aryl methyl sites for hydroxylation is 1. The van der Waals surface area contributed by atoms with Crippen molar-refractivity contribution >= 4 is 0 Å². The Morgan fingerprint density at radius 2 is 1.74 bits per heavy atom. The van der Waals surface area contributed by atoms with Crippen molar-refractivity contribution in [2.45, 2.75) is 58.4 Å². The quantitative estimate of drug-likeness (QED) is 0.662. The van der Waals surface area contributed by atoms with E-state index >= 15 is 0 Å². The van der Waals surface area contributed by atoms with Gasteiger partial charge in [-0.3, -0.25) is 0 Å². The molecule has 0 fully saturated rings. The first kappa shape index (κ1) is 16.1. The minimum absolute atomic E-state index is 0.100. The van der Waals surface area contributed by atoms with Crippen molar-refractivity contribution in [2.24, 2.45) is 0 Å². The predicted octanol–water partition coefficient (Wildman–Crippen LogP) is 4.89. The fraction of sp³-hybridized carbons (Fsp3) is 0.625. The molecule has 0 spiro atoms. The van der Waals surface area contributed by atoms with Gasteiger partial charge in [-0.25, -0.2) is 8.78 Å². The number of rotatable bonds is 8. The number of nitrogens with one attached hydrogen (secondary N) is 1. The van der Waals surface area contributed by atoms with E-state index in [4.69, 9.17) is 0 Å². The monoisotopic (exact) mass is 269 g/mol. The maximum Gasteiger partial charge on any atom is 0.128 e. The molecule has 0 saturated carbocycles. The number of hydrogen-bond acceptors (Lipinski definition) is 1. The van der Waals surface area contributed by atoms with Crippen LogP contribution in [0.4, 0.5) is 8.78 Å². The molecule has 0 heterocycles. The Balaban J connectivity index is 2.61. The second-order valence-electron chi connectivity index (χ2n) is 5.17. The molecule has 1 nitrogen and oxygen atoms in total. The van der Waals surface area contributed by atoms with Crippen LogP contribution in [-0.4, -0.2) is 7.05 Å². The zero-order valence-corrected chi connectivity index (χ0v) is 12.2. The fourth-order valence-electron chi connectivity index (χ4n) is 2.34. The highest BCUT2D eigenvalue weighted by atomic mass is 19.1. The Bertz CT molecular complexity index is 391. The van der Waals surface area contributed by atoms with E-state index in [2.05, 4.69) is 12.2 Å². The minimum atomic E-state index is -0.331. The number of halogens is 2. The summed E-state index contributed by atoms with van der Waals surface area (Å²) in [5, 5.41) is 3.09. The third-order valence-corrected chi connectivity index (χ3v) is 3.60. The summed E-state index contributed by atoms with van der Waals surface area (Å²) < 4.78 is 27.4. The van der Waals surface area contributed by atoms with Crippen LogP contribution in [0.15, 0.2) is 12.1 Å². The smallest absolute Gasteiger partial charge is 0.128 e. The summed E-state index contributed by atoms with van der Waals surface area (Å²) in [5.74, 6) is -0.644. The molecule has 19 heavy (non-hydrogen) atoms. The van der Waals surface area contributed by atoms with Gasteiger partial charge in [0.25, 0.3) is 0 Å². The normalized spacial score (nSPS) is 12.7. The van der Waals surface area contributed by atoms with Crippen LogP contribution < -0.4 is 5.32 Å². The van der Waals surface area contributed by atoms with Crippen molar-refractivity contribution in [1.29, 1.82) is 0 Å². The maximum absolute atomic E-state index is 13.9. The van der Waals surface area contributed by atoms with E-state index in [9.17, 15) is 8.78 Å². The molecule has 0 aliphatic heterocycles. The highest BCUT2D eigenvalue weighted by molar-refractivity contribution is 5.27. The van der Waals surface area contributed by atoms with Crippen molar-refractivity contribution in [1.82, 2.24) is 5.32 Å². The molecule has 1 aromatic rings. The predicted molar refractivity (Wildman–Crippen MR) is 76.3 cm³/mol. The molecule has 0 aromatic heterocycles. The Morgan fingerprint density at radius 1 is 1.05 bits per heavy atom. The van der Waals surface area contributed by atoms with Gasteiger partial charge >= 0.3 is 0 Å². The molecular weight excluding hydrogens is 244 g/mol. The van der Waals surface area contributed by atoms with Gasteiger partial charge in [0, 0.05) is 11.6 Å². The van der Waals surface area contributed by atoms with E-state index in [1.54, 1.807) is 14.0 Å². The van der Waals surface area contributed by atoms with E-state index < -0.39 is 0 Å². The minimum Gasteiger partial charge on any atom is -0.313 e. The standard InChI is InChI=1S/C16H25F2N/c1-4-5-6-7-8-9-16(19-3)13-11-14(17)12(2)10-15(13)18/h10-11,16,19H,4-9H2,1-3H3. The van der Waals surface area contributed by atoms with Gasteiger partial charge in [-0.05, 0) is 38.1 Å². The third kappa shape index (κ3) is 4.90. The summed E-state index contributed by atoms with van der Waals surface area (Å²) in [5.41, 5.74) is 0.806. The van der Waals surface area contributed by atoms with Crippen LogP contribution in [-0.2, 0) is 0 Å². The van der Waals surface area contributed by atoms with Crippen LogP contribution in [0.3, 0.4) is 0 Å². The van der Waals surface area contributed by atoms with Crippen LogP contribution in [0.5, 0.6) is 0 Å². The molecule has 1 rings (SSSR count). The molecule has 108 valence electrons. The fourth-order valence-corrected chi connectivity index (χ4v) is 2.34. The van der Waals surface area contributed by atoms with Crippen LogP contribution >= 0.6 is 0 Å². The molecule has 3 heteroatoms. The molecule has 1 atom stereocenters. The van der Waals surface area contributed by atoms with Crippen LogP contribution in [0.2, 0.25) is 0 Å². The van der Waals surface area contributed by atoms with Crippen LogP contribution in [0.1, 0.15) is 62.6 Å². The lowest BCUT2D eigenvalue weighted by Crippen LogP contribution is -2.18. The summed E-state index contributed by atoms with van der Waals surface area (Å²) >= 11 is 0. The zero-order valence-electron chi connectivity index (χ0n) is 12.2. The summed E-state index contributed by atoms with van der Waals surface area (Å²) in [4.78, 5) is 0. The SMILES string of the molecule is CCCCCCCC(NC)c1cc(F)c(C)cc1F. The Kier molecular flexibility index (Phi) is 7.00. The average Bonchev–Trinajstić information content (AvgIpc) is 2.39. The lowest BCUT2D eigenvalue weighted by Gasteiger charge is -2.18. The van der Waals surface area contributed by atoms with Crippen molar-refractivity contribution < 1.29 is 8.78 Å². The summed E-state index contributed by atoms with van der Waals surface area (Å²) in [6, 6.07) is 2.51. The topological polar surface area (TPSA) is 12.0 Å². The molecule has 0 radical (unpaired) electrons. The van der Waals surface area contributed by atoms with E-state index in [0.29, 0.717) is 11.1 Å². The molecule has 0 amide bonds. The highest BCUT2D eigenvalue weighted by Crippen LogP contribution is 2.25. The van der Waals surface area contributed by atoms with Crippen LogP contribution in [0.25, 0.3) is 0 Å². The van der Waals surface area contributed by atoms with E-state index in [0.717, 1.165) is 19.3 Å². The van der Waals surface area contributed by atoms with E-state index in [-0.39, 0.29) is 17.7 Å². The van der Waals surface area contributed by atoms with Crippen molar-refractivity contribution in [3.63, 3.8) is 0 Å². The first-order valence-corrected chi connectivity index (χ1v) is 7.23. The molecule has 0 bridgehead atoms. The Morgan fingerprint density at radius 3 is 2.37 bits per heavy atom. The molecule has 1 aromatic carbocycles. The maximum atomic E-state index is 13.9. The van der Waals surface area contributed by atoms with Gasteiger partial charge in [0.1, 0.15) is 11.6 Å². The van der Waals surface area contributed by atoms with Gasteiger partial charge in [-0.1, -0.05) is 39.0 Å². The first-order valence-electron chi connectivity index (χ1n) is 7.23. The van der Waals surface area contributed by atoms with Crippen molar-refractivity contribution in [3.05, 3.63) is 34.9 Å². The molecule has 0 aliphatic carbocycles. The van der Waals surface area contributed by atoms with Gasteiger partial charge in [0.05, 0.1) is 0 Å². The Hall–Kier alpha value is -0.960. The van der Waals surface area contributed by atoms with E-state index in [1.807, 2.05) is 0 Å². The molecule has 0 aliphatic rings. The van der Waals surface area contributed by atoms with Gasteiger partial charge in [-0.15, -0.1) is 0 Å². The second-order valence-corrected chi connectivity index (χ2v) is 5.17. The lowest BCUT2D eigenvalue weighted by molar-refractivity contribution is 0.472. The summed E-state index contributed by atoms with van der Waals surface area (Å²) in [7, 11) is 1.80. The van der Waals surface area contributed by atoms with Gasteiger partial charge in [0.2, 0.25) is 0 Å². The second kappa shape index (κ2) is 8.26. The molecular formula is C16H25F2N. The Labute approximate surface area is 115 Å². The zero-order chi connectivity index (χ0) is 14.3. The first-order chi connectivity index (χ1) is 9.10. The lowest BCUT2D eigenvalue weighted by atomic mass is 9.98. The molecule has 1 unspecified atom stereocenters. The number of unbranched alkanes of at least 4 members (excludes halogenated alkanes) is 4. The van der Waals surface area contributed by atoms with Crippen molar-refractivity contribution in [3.8, 4) is 0 Å².